The Balaban J connectivity index is 0.000000254. The van der Waals surface area contributed by atoms with E-state index in [4.69, 9.17) is 0 Å². The van der Waals surface area contributed by atoms with Gasteiger partial charge in [-0.3, -0.25) is 0 Å². The van der Waals surface area contributed by atoms with Gasteiger partial charge in [-0.2, -0.15) is 0 Å². The molecule has 0 heterocycles. The maximum absolute atomic E-state index is 3.61. The average Bonchev–Trinajstić information content (AvgIpc) is 3.79. The predicted molar refractivity (Wildman–Crippen MR) is 186 cm³/mol. The molecule has 4 aromatic rings. The Morgan fingerprint density at radius 1 is 0.524 bits per heavy atom. The summed E-state index contributed by atoms with van der Waals surface area (Å²) in [6.45, 7) is 1.95. The van der Waals surface area contributed by atoms with Gasteiger partial charge in [-0.15, -0.1) is 107 Å². The summed E-state index contributed by atoms with van der Waals surface area (Å²) in [5.41, 5.74) is 16.3. The number of allylic oxidation sites excluding steroid dienone is 8. The summed E-state index contributed by atoms with van der Waals surface area (Å²) in [6.07, 6.45) is 17.2. The molecule has 0 nitrogen and oxygen atoms in total. The summed E-state index contributed by atoms with van der Waals surface area (Å²) >= 11 is 1.58. The maximum Gasteiger partial charge on any atom is -0.0195 e. The van der Waals surface area contributed by atoms with Crippen molar-refractivity contribution in [2.24, 2.45) is 0 Å². The van der Waals surface area contributed by atoms with E-state index in [0.717, 1.165) is 25.7 Å². The van der Waals surface area contributed by atoms with Gasteiger partial charge in [0.1, 0.15) is 0 Å². The topological polar surface area (TPSA) is 0 Å². The second-order valence-electron chi connectivity index (χ2n) is 9.84. The van der Waals surface area contributed by atoms with Crippen LogP contribution < -0.4 is 0 Å². The van der Waals surface area contributed by atoms with Crippen molar-refractivity contribution in [1.29, 1.82) is 0 Å². The van der Waals surface area contributed by atoms with Crippen LogP contribution in [0.15, 0.2) is 109 Å². The van der Waals surface area contributed by atoms with Gasteiger partial charge in [-0.25, -0.2) is 0 Å². The minimum atomic E-state index is 0. The molecule has 4 heteroatoms. The van der Waals surface area contributed by atoms with Gasteiger partial charge >= 0.3 is 30.2 Å². The van der Waals surface area contributed by atoms with Crippen molar-refractivity contribution in [3.8, 4) is 22.3 Å². The number of hydrogen-bond donors (Lipinski definition) is 0. The van der Waals surface area contributed by atoms with Gasteiger partial charge in [0, 0.05) is 0 Å². The van der Waals surface area contributed by atoms with E-state index in [2.05, 4.69) is 121 Å². The van der Waals surface area contributed by atoms with Crippen LogP contribution in [0.3, 0.4) is 0 Å². The fraction of sp³-hybridized carbons (Fsp3) is 0.105. The molecular formula is C38H36Cl2SiZr-4. The van der Waals surface area contributed by atoms with Crippen molar-refractivity contribution in [3.05, 3.63) is 170 Å². The third kappa shape index (κ3) is 7.17. The van der Waals surface area contributed by atoms with Crippen molar-refractivity contribution >= 4 is 42.8 Å². The predicted octanol–water partition coefficient (Wildman–Crippen LogP) is 9.63. The molecule has 0 aliphatic heterocycles. The van der Waals surface area contributed by atoms with E-state index in [1.807, 2.05) is 6.88 Å². The Morgan fingerprint density at radius 2 is 0.929 bits per heavy atom. The first kappa shape index (κ1) is 35.7. The summed E-state index contributed by atoms with van der Waals surface area (Å²) in [7, 11) is 0. The van der Waals surface area contributed by atoms with E-state index in [1.54, 1.807) is 23.3 Å². The Kier molecular flexibility index (Phi) is 13.9. The molecule has 0 aromatic heterocycles. The van der Waals surface area contributed by atoms with Gasteiger partial charge in [-0.1, -0.05) is 95.1 Å². The van der Waals surface area contributed by atoms with Crippen molar-refractivity contribution in [2.45, 2.75) is 25.7 Å². The van der Waals surface area contributed by atoms with Gasteiger partial charge in [-0.05, 0) is 36.8 Å². The first-order valence-electron chi connectivity index (χ1n) is 13.2. The Morgan fingerprint density at radius 3 is 1.31 bits per heavy atom. The summed E-state index contributed by atoms with van der Waals surface area (Å²) in [5.74, 6) is 0. The van der Waals surface area contributed by atoms with Crippen LogP contribution in [0.4, 0.5) is 0 Å². The van der Waals surface area contributed by atoms with E-state index < -0.39 is 0 Å². The van der Waals surface area contributed by atoms with Crippen LogP contribution in [0, 0.1) is 27.0 Å². The smallest absolute Gasteiger partial charge is 0.0195 e. The van der Waals surface area contributed by atoms with Gasteiger partial charge in [0.2, 0.25) is 0 Å². The standard InChI is InChI=1S/2C18H13.2CH3.2ClH.H2Si.Zr/c2*1-2-6-13(5-1)14-9-10-18-16(11-14)12-15-7-3-4-8-17(15)18;;;;;;/h2*1-5,7-10H,6,12H2;2*1H3;2*1H;1H2;/q4*-1;;;;. The molecule has 0 spiro atoms. The molecule has 4 aliphatic rings. The third-order valence-electron chi connectivity index (χ3n) is 7.64. The van der Waals surface area contributed by atoms with E-state index in [9.17, 15) is 0 Å². The van der Waals surface area contributed by atoms with Crippen LogP contribution in [0.1, 0.15) is 46.2 Å². The number of benzene rings is 4. The van der Waals surface area contributed by atoms with Crippen LogP contribution in [0.25, 0.3) is 33.4 Å². The molecule has 0 amide bonds. The second kappa shape index (κ2) is 16.4. The van der Waals surface area contributed by atoms with Crippen LogP contribution in [-0.4, -0.2) is 6.88 Å². The molecule has 0 saturated heterocycles. The van der Waals surface area contributed by atoms with Crippen LogP contribution in [0.2, 0.25) is 0 Å². The molecule has 42 heavy (non-hydrogen) atoms. The average molecular weight is 683 g/mol. The minimum Gasteiger partial charge on any atom is -0.147 e. The summed E-state index contributed by atoms with van der Waals surface area (Å²) in [6, 6.07) is 33.5. The normalized spacial score (nSPS) is 13.3. The van der Waals surface area contributed by atoms with Crippen molar-refractivity contribution in [3.63, 3.8) is 0 Å². The van der Waals surface area contributed by atoms with Gasteiger partial charge in [0.15, 0.2) is 0 Å². The second-order valence-corrected chi connectivity index (χ2v) is 9.84. The van der Waals surface area contributed by atoms with E-state index in [1.165, 1.54) is 66.8 Å². The Hall–Kier alpha value is -2.48. The van der Waals surface area contributed by atoms with E-state index >= 15 is 0 Å². The zero-order valence-electron chi connectivity index (χ0n) is 24.2. The van der Waals surface area contributed by atoms with Gasteiger partial charge < -0.3 is 14.9 Å². The fourth-order valence-electron chi connectivity index (χ4n) is 5.79. The Labute approximate surface area is 281 Å². The number of hydrogen-bond acceptors (Lipinski definition) is 0. The SMILES string of the molecule is Cl.Cl.[CH3-].[CH3-].[SiH2]=[Zr].[c-]1c(C2=CC=CC2)ccc2c1Cc1ccccc1-2.[c-]1c(C2=CC=CC2)ccc2c1Cc1ccccc1-2. The number of rotatable bonds is 2. The van der Waals surface area contributed by atoms with E-state index in [-0.39, 0.29) is 39.7 Å². The molecule has 0 unspecified atom stereocenters. The summed E-state index contributed by atoms with van der Waals surface area (Å²) < 4.78 is 0. The summed E-state index contributed by atoms with van der Waals surface area (Å²) in [4.78, 5) is 0. The first-order chi connectivity index (χ1) is 18.8. The van der Waals surface area contributed by atoms with Crippen LogP contribution in [-0.2, 0) is 36.2 Å². The molecule has 4 aliphatic carbocycles. The van der Waals surface area contributed by atoms with Crippen molar-refractivity contribution in [1.82, 2.24) is 0 Å². The van der Waals surface area contributed by atoms with Gasteiger partial charge in [0.25, 0.3) is 0 Å². The fourth-order valence-corrected chi connectivity index (χ4v) is 5.79. The van der Waals surface area contributed by atoms with Crippen molar-refractivity contribution < 1.29 is 23.3 Å². The zero-order valence-corrected chi connectivity index (χ0v) is 29.7. The molecule has 0 saturated carbocycles. The molecule has 0 atom stereocenters. The molecule has 214 valence electrons. The van der Waals surface area contributed by atoms with Crippen molar-refractivity contribution in [2.75, 3.05) is 0 Å². The number of fused-ring (bicyclic) bond motifs is 6. The number of halogens is 2. The maximum atomic E-state index is 3.61. The quantitative estimate of drug-likeness (QED) is 0.126. The monoisotopic (exact) mass is 680 g/mol. The van der Waals surface area contributed by atoms with E-state index in [0.29, 0.717) is 0 Å². The summed E-state index contributed by atoms with van der Waals surface area (Å²) in [5, 5.41) is 0. The molecule has 0 fully saturated rings. The third-order valence-corrected chi connectivity index (χ3v) is 7.64. The van der Waals surface area contributed by atoms with Gasteiger partial charge in [0.05, 0.1) is 0 Å². The largest absolute Gasteiger partial charge is 0.147 e. The first-order valence-corrected chi connectivity index (χ1v) is 19.1. The minimum absolute atomic E-state index is 0. The van der Waals surface area contributed by atoms with Crippen LogP contribution in [0.5, 0.6) is 0 Å². The molecular weight excluding hydrogens is 647 g/mol. The van der Waals surface area contributed by atoms with Crippen LogP contribution >= 0.6 is 24.8 Å². The molecule has 4 aromatic carbocycles. The Bertz CT molecular complexity index is 1540. The molecule has 8 rings (SSSR count). The molecule has 0 N–H and O–H groups in total. The molecule has 0 bridgehead atoms. The molecule has 0 radical (unpaired) electrons. The zero-order chi connectivity index (χ0) is 25.9.